The highest BCUT2D eigenvalue weighted by Crippen LogP contribution is 2.06. The van der Waals surface area contributed by atoms with Crippen LogP contribution in [-0.2, 0) is 21.2 Å². The van der Waals surface area contributed by atoms with Crippen molar-refractivity contribution in [3.63, 3.8) is 0 Å². The van der Waals surface area contributed by atoms with E-state index in [2.05, 4.69) is 10.3 Å². The Labute approximate surface area is 82.1 Å². The number of rotatable bonds is 4. The van der Waals surface area contributed by atoms with E-state index >= 15 is 0 Å². The number of sulfone groups is 1. The summed E-state index contributed by atoms with van der Waals surface area (Å²) in [6.45, 7) is 0.299. The fourth-order valence-corrected chi connectivity index (χ4v) is 1.44. The summed E-state index contributed by atoms with van der Waals surface area (Å²) in [5.74, 6) is 0. The molecule has 0 aliphatic rings. The molecule has 1 aromatic rings. The van der Waals surface area contributed by atoms with Gasteiger partial charge in [-0.1, -0.05) is 0 Å². The van der Waals surface area contributed by atoms with Gasteiger partial charge in [-0.15, -0.1) is 0 Å². The highest BCUT2D eigenvalue weighted by atomic mass is 32.2. The van der Waals surface area contributed by atoms with Gasteiger partial charge in [0.25, 0.3) is 0 Å². The summed E-state index contributed by atoms with van der Waals surface area (Å²) >= 11 is 0. The average molecular weight is 214 g/mol. The number of pyridine rings is 1. The number of nitrogens with zero attached hydrogens (tertiary/aromatic N) is 1. The van der Waals surface area contributed by atoms with E-state index in [-0.39, 0.29) is 4.90 Å². The Kier molecular flexibility index (Phi) is 3.19. The smallest absolute Gasteiger partial charge is 0.207 e. The topological polar surface area (TPSA) is 76.1 Å². The van der Waals surface area contributed by atoms with Crippen molar-refractivity contribution in [2.75, 3.05) is 6.26 Å². The molecular weight excluding hydrogens is 204 g/mol. The van der Waals surface area contributed by atoms with Crippen LogP contribution in [0, 0.1) is 0 Å². The van der Waals surface area contributed by atoms with Crippen LogP contribution in [0.25, 0.3) is 0 Å². The minimum absolute atomic E-state index is 0.173. The quantitative estimate of drug-likeness (QED) is 0.700. The molecular formula is C8H10N2O3S. The van der Waals surface area contributed by atoms with Crippen LogP contribution in [0.1, 0.15) is 5.69 Å². The Bertz CT molecular complexity index is 411. The SMILES string of the molecule is CS(=O)(=O)c1ccc(CNC=O)nc1. The van der Waals surface area contributed by atoms with Crippen LogP contribution in [0.2, 0.25) is 0 Å². The van der Waals surface area contributed by atoms with Crippen molar-refractivity contribution in [2.24, 2.45) is 0 Å². The predicted octanol–water partition coefficient (Wildman–Crippen LogP) is -0.269. The average Bonchev–Trinajstić information content (AvgIpc) is 2.14. The first-order chi connectivity index (χ1) is 6.54. The van der Waals surface area contributed by atoms with Crippen LogP contribution in [0.4, 0.5) is 0 Å². The largest absolute Gasteiger partial charge is 0.353 e. The third-order valence-corrected chi connectivity index (χ3v) is 2.69. The van der Waals surface area contributed by atoms with Crippen LogP contribution in [-0.4, -0.2) is 26.1 Å². The van der Waals surface area contributed by atoms with Crippen molar-refractivity contribution in [1.82, 2.24) is 10.3 Å². The summed E-state index contributed by atoms with van der Waals surface area (Å²) in [6.07, 6.45) is 2.96. The maximum absolute atomic E-state index is 11.0. The van der Waals surface area contributed by atoms with Gasteiger partial charge >= 0.3 is 0 Å². The van der Waals surface area contributed by atoms with Gasteiger partial charge in [0.15, 0.2) is 9.84 Å². The highest BCUT2D eigenvalue weighted by Gasteiger charge is 2.06. The standard InChI is InChI=1S/C8H10N2O3S/c1-14(12,13)8-3-2-7(10-5-8)4-9-6-11/h2-3,5-6H,4H2,1H3,(H,9,11). The minimum atomic E-state index is -3.19. The lowest BCUT2D eigenvalue weighted by Crippen LogP contribution is -2.11. The van der Waals surface area contributed by atoms with E-state index in [9.17, 15) is 13.2 Å². The maximum Gasteiger partial charge on any atom is 0.207 e. The van der Waals surface area contributed by atoms with Gasteiger partial charge in [0.1, 0.15) is 0 Å². The molecule has 0 aromatic carbocycles. The van der Waals surface area contributed by atoms with Gasteiger partial charge in [0.05, 0.1) is 17.1 Å². The molecule has 0 saturated heterocycles. The van der Waals surface area contributed by atoms with Gasteiger partial charge < -0.3 is 5.32 Å². The second-order valence-electron chi connectivity index (χ2n) is 2.76. The molecule has 0 bridgehead atoms. The number of carbonyl (C=O) groups is 1. The molecule has 0 spiro atoms. The first-order valence-electron chi connectivity index (χ1n) is 3.86. The summed E-state index contributed by atoms with van der Waals surface area (Å²) in [4.78, 5) is 14.0. The fourth-order valence-electron chi connectivity index (χ4n) is 0.881. The number of hydrogen-bond donors (Lipinski definition) is 1. The molecule has 6 heteroatoms. The zero-order chi connectivity index (χ0) is 10.6. The van der Waals surface area contributed by atoms with Crippen LogP contribution in [0.15, 0.2) is 23.2 Å². The third kappa shape index (κ3) is 2.81. The van der Waals surface area contributed by atoms with E-state index in [1.807, 2.05) is 0 Å². The number of hydrogen-bond acceptors (Lipinski definition) is 4. The third-order valence-electron chi connectivity index (χ3n) is 1.59. The molecule has 0 atom stereocenters. The van der Waals surface area contributed by atoms with Crippen LogP contribution < -0.4 is 5.32 Å². The monoisotopic (exact) mass is 214 g/mol. The highest BCUT2D eigenvalue weighted by molar-refractivity contribution is 7.90. The molecule has 1 amide bonds. The lowest BCUT2D eigenvalue weighted by Gasteiger charge is -2.00. The normalized spacial score (nSPS) is 10.9. The van der Waals surface area contributed by atoms with E-state index in [1.165, 1.54) is 12.3 Å². The van der Waals surface area contributed by atoms with Crippen molar-refractivity contribution in [1.29, 1.82) is 0 Å². The first kappa shape index (κ1) is 10.6. The molecule has 0 aliphatic heterocycles. The molecule has 14 heavy (non-hydrogen) atoms. The van der Waals surface area contributed by atoms with Crippen molar-refractivity contribution < 1.29 is 13.2 Å². The summed E-state index contributed by atoms with van der Waals surface area (Å²) < 4.78 is 22.1. The molecule has 1 aromatic heterocycles. The second-order valence-corrected chi connectivity index (χ2v) is 4.77. The van der Waals surface area contributed by atoms with Crippen molar-refractivity contribution >= 4 is 16.2 Å². The molecule has 1 rings (SSSR count). The Morgan fingerprint density at radius 2 is 2.21 bits per heavy atom. The van der Waals surface area contributed by atoms with E-state index in [0.717, 1.165) is 6.26 Å². The molecule has 0 radical (unpaired) electrons. The Balaban J connectivity index is 2.84. The van der Waals surface area contributed by atoms with Crippen molar-refractivity contribution in [2.45, 2.75) is 11.4 Å². The number of aromatic nitrogens is 1. The molecule has 5 nitrogen and oxygen atoms in total. The van der Waals surface area contributed by atoms with Crippen LogP contribution >= 0.6 is 0 Å². The zero-order valence-corrected chi connectivity index (χ0v) is 8.41. The van der Waals surface area contributed by atoms with Gasteiger partial charge in [-0.3, -0.25) is 9.78 Å². The van der Waals surface area contributed by atoms with E-state index in [4.69, 9.17) is 0 Å². The summed E-state index contributed by atoms with van der Waals surface area (Å²) in [5, 5.41) is 2.43. The number of amides is 1. The zero-order valence-electron chi connectivity index (χ0n) is 7.60. The lowest BCUT2D eigenvalue weighted by atomic mass is 10.3. The van der Waals surface area contributed by atoms with Gasteiger partial charge in [-0.05, 0) is 12.1 Å². The summed E-state index contributed by atoms with van der Waals surface area (Å²) in [6, 6.07) is 3.02. The Hall–Kier alpha value is -1.43. The first-order valence-corrected chi connectivity index (χ1v) is 5.75. The minimum Gasteiger partial charge on any atom is -0.353 e. The molecule has 0 fully saturated rings. The summed E-state index contributed by atoms with van der Waals surface area (Å²) in [7, 11) is -3.19. The molecule has 0 saturated carbocycles. The lowest BCUT2D eigenvalue weighted by molar-refractivity contribution is -0.109. The van der Waals surface area contributed by atoms with E-state index in [0.29, 0.717) is 18.6 Å². The van der Waals surface area contributed by atoms with Crippen LogP contribution in [0.5, 0.6) is 0 Å². The predicted molar refractivity (Wildman–Crippen MR) is 50.3 cm³/mol. The molecule has 76 valence electrons. The molecule has 0 aliphatic carbocycles. The number of carbonyl (C=O) groups excluding carboxylic acids is 1. The van der Waals surface area contributed by atoms with Crippen molar-refractivity contribution in [3.05, 3.63) is 24.0 Å². The second kappa shape index (κ2) is 4.19. The fraction of sp³-hybridized carbons (Fsp3) is 0.250. The van der Waals surface area contributed by atoms with Gasteiger partial charge in [0, 0.05) is 12.5 Å². The molecule has 1 heterocycles. The maximum atomic E-state index is 11.0. The molecule has 1 N–H and O–H groups in total. The van der Waals surface area contributed by atoms with Gasteiger partial charge in [-0.25, -0.2) is 8.42 Å². The van der Waals surface area contributed by atoms with Crippen LogP contribution in [0.3, 0.4) is 0 Å². The van der Waals surface area contributed by atoms with Gasteiger partial charge in [-0.2, -0.15) is 0 Å². The van der Waals surface area contributed by atoms with Crippen molar-refractivity contribution in [3.8, 4) is 0 Å². The van der Waals surface area contributed by atoms with E-state index in [1.54, 1.807) is 6.07 Å². The summed E-state index contributed by atoms with van der Waals surface area (Å²) in [5.41, 5.74) is 0.615. The Morgan fingerprint density at radius 1 is 1.50 bits per heavy atom. The van der Waals surface area contributed by atoms with Gasteiger partial charge in [0.2, 0.25) is 6.41 Å². The number of nitrogens with one attached hydrogen (secondary N) is 1. The Morgan fingerprint density at radius 3 is 2.64 bits per heavy atom. The van der Waals surface area contributed by atoms with E-state index < -0.39 is 9.84 Å². The molecule has 0 unspecified atom stereocenters.